The maximum atomic E-state index is 12.2. The summed E-state index contributed by atoms with van der Waals surface area (Å²) in [4.78, 5) is 16.4. The number of nitrogens with one attached hydrogen (secondary N) is 2. The number of halogens is 2. The second-order valence-corrected chi connectivity index (χ2v) is 5.99. The summed E-state index contributed by atoms with van der Waals surface area (Å²) in [6, 6.07) is 8.43. The number of pyridine rings is 1. The number of anilines is 2. The highest BCUT2D eigenvalue weighted by Crippen LogP contribution is 2.25. The van der Waals surface area contributed by atoms with Crippen molar-refractivity contribution in [2.45, 2.75) is 26.2 Å². The van der Waals surface area contributed by atoms with Crippen LogP contribution in [0, 0.1) is 0 Å². The Balaban J connectivity index is 1.94. The molecule has 0 unspecified atom stereocenters. The standard InChI is InChI=1S/C17H19Cl2N3O/c1-2-3-4-9-20-13-6-8-16(21-11-13)17(23)22-15-7-5-12(18)10-14(15)19/h5-8,10-11,20H,2-4,9H2,1H3,(H,22,23). The first-order chi connectivity index (χ1) is 11.1. The summed E-state index contributed by atoms with van der Waals surface area (Å²) < 4.78 is 0. The molecule has 0 spiro atoms. The van der Waals surface area contributed by atoms with Gasteiger partial charge in [0, 0.05) is 11.6 Å². The van der Waals surface area contributed by atoms with Gasteiger partial charge in [-0.2, -0.15) is 0 Å². The molecule has 0 saturated carbocycles. The molecule has 2 N–H and O–H groups in total. The van der Waals surface area contributed by atoms with Crippen LogP contribution in [0.5, 0.6) is 0 Å². The predicted octanol–water partition coefficient (Wildman–Crippen LogP) is 5.24. The number of carbonyl (C=O) groups is 1. The van der Waals surface area contributed by atoms with Crippen LogP contribution < -0.4 is 10.6 Å². The van der Waals surface area contributed by atoms with E-state index in [9.17, 15) is 4.79 Å². The molecular weight excluding hydrogens is 333 g/mol. The fourth-order valence-corrected chi connectivity index (χ4v) is 2.47. The van der Waals surface area contributed by atoms with E-state index < -0.39 is 0 Å². The summed E-state index contributed by atoms with van der Waals surface area (Å²) in [5.74, 6) is -0.313. The maximum Gasteiger partial charge on any atom is 0.274 e. The van der Waals surface area contributed by atoms with Gasteiger partial charge in [-0.25, -0.2) is 4.98 Å². The third kappa shape index (κ3) is 5.41. The van der Waals surface area contributed by atoms with Crippen LogP contribution in [-0.4, -0.2) is 17.4 Å². The summed E-state index contributed by atoms with van der Waals surface area (Å²) in [5.41, 5.74) is 1.74. The van der Waals surface area contributed by atoms with E-state index in [-0.39, 0.29) is 5.91 Å². The number of hydrogen-bond donors (Lipinski definition) is 2. The average Bonchev–Trinajstić information content (AvgIpc) is 2.55. The molecule has 2 rings (SSSR count). The van der Waals surface area contributed by atoms with Crippen molar-refractivity contribution in [3.8, 4) is 0 Å². The molecule has 0 aliphatic rings. The van der Waals surface area contributed by atoms with E-state index in [0.29, 0.717) is 21.4 Å². The van der Waals surface area contributed by atoms with Gasteiger partial charge in [0.2, 0.25) is 0 Å². The van der Waals surface area contributed by atoms with Crippen LogP contribution in [0.2, 0.25) is 10.0 Å². The lowest BCUT2D eigenvalue weighted by Gasteiger charge is -2.08. The van der Waals surface area contributed by atoms with Gasteiger partial charge in [-0.05, 0) is 36.8 Å². The summed E-state index contributed by atoms with van der Waals surface area (Å²) in [7, 11) is 0. The zero-order valence-corrected chi connectivity index (χ0v) is 14.4. The fourth-order valence-electron chi connectivity index (χ4n) is 2.02. The Kier molecular flexibility index (Phi) is 6.68. The molecule has 0 saturated heterocycles. The van der Waals surface area contributed by atoms with E-state index in [2.05, 4.69) is 22.5 Å². The molecule has 0 fully saturated rings. The minimum atomic E-state index is -0.313. The van der Waals surface area contributed by atoms with Gasteiger partial charge >= 0.3 is 0 Å². The highest BCUT2D eigenvalue weighted by Gasteiger charge is 2.10. The summed E-state index contributed by atoms with van der Waals surface area (Å²) in [5, 5.41) is 6.91. The Morgan fingerprint density at radius 3 is 2.65 bits per heavy atom. The van der Waals surface area contributed by atoms with E-state index >= 15 is 0 Å². The molecule has 0 radical (unpaired) electrons. The van der Waals surface area contributed by atoms with Crippen molar-refractivity contribution >= 4 is 40.5 Å². The minimum absolute atomic E-state index is 0.313. The van der Waals surface area contributed by atoms with Crippen LogP contribution in [-0.2, 0) is 0 Å². The molecule has 23 heavy (non-hydrogen) atoms. The predicted molar refractivity (Wildman–Crippen MR) is 96.7 cm³/mol. The van der Waals surface area contributed by atoms with Crippen LogP contribution in [0.15, 0.2) is 36.5 Å². The zero-order chi connectivity index (χ0) is 16.7. The highest BCUT2D eigenvalue weighted by molar-refractivity contribution is 6.36. The Bertz CT molecular complexity index is 659. The molecular formula is C17H19Cl2N3O. The summed E-state index contributed by atoms with van der Waals surface area (Å²) in [6.07, 6.45) is 5.16. The lowest BCUT2D eigenvalue weighted by atomic mass is 10.2. The van der Waals surface area contributed by atoms with E-state index in [4.69, 9.17) is 23.2 Å². The fraction of sp³-hybridized carbons (Fsp3) is 0.294. The molecule has 4 nitrogen and oxygen atoms in total. The van der Waals surface area contributed by atoms with Gasteiger partial charge in [0.15, 0.2) is 0 Å². The normalized spacial score (nSPS) is 10.4. The Labute approximate surface area is 146 Å². The molecule has 1 aromatic heterocycles. The summed E-state index contributed by atoms with van der Waals surface area (Å²) in [6.45, 7) is 3.07. The number of carbonyl (C=O) groups excluding carboxylic acids is 1. The first-order valence-electron chi connectivity index (χ1n) is 7.56. The Morgan fingerprint density at radius 1 is 1.17 bits per heavy atom. The average molecular weight is 352 g/mol. The quantitative estimate of drug-likeness (QED) is 0.670. The van der Waals surface area contributed by atoms with Crippen molar-refractivity contribution < 1.29 is 4.79 Å². The molecule has 2 aromatic rings. The Morgan fingerprint density at radius 2 is 2.00 bits per heavy atom. The number of unbranched alkanes of at least 4 members (excludes halogenated alkanes) is 2. The largest absolute Gasteiger partial charge is 0.384 e. The van der Waals surface area contributed by atoms with E-state index in [1.807, 2.05) is 6.07 Å². The van der Waals surface area contributed by atoms with Crippen LogP contribution in [0.3, 0.4) is 0 Å². The monoisotopic (exact) mass is 351 g/mol. The molecule has 6 heteroatoms. The van der Waals surface area contributed by atoms with Gasteiger partial charge in [0.1, 0.15) is 5.69 Å². The first-order valence-corrected chi connectivity index (χ1v) is 8.32. The third-order valence-electron chi connectivity index (χ3n) is 3.28. The molecule has 0 atom stereocenters. The SMILES string of the molecule is CCCCCNc1ccc(C(=O)Nc2ccc(Cl)cc2Cl)nc1. The molecule has 0 aliphatic heterocycles. The van der Waals surface area contributed by atoms with Gasteiger partial charge in [0.05, 0.1) is 22.6 Å². The van der Waals surface area contributed by atoms with Crippen LogP contribution in [0.4, 0.5) is 11.4 Å². The molecule has 122 valence electrons. The zero-order valence-electron chi connectivity index (χ0n) is 12.9. The number of benzene rings is 1. The second kappa shape index (κ2) is 8.75. The maximum absolute atomic E-state index is 12.2. The summed E-state index contributed by atoms with van der Waals surface area (Å²) >= 11 is 11.9. The molecule has 1 heterocycles. The minimum Gasteiger partial charge on any atom is -0.384 e. The lowest BCUT2D eigenvalue weighted by Crippen LogP contribution is -2.14. The van der Waals surface area contributed by atoms with Crippen molar-refractivity contribution in [3.63, 3.8) is 0 Å². The van der Waals surface area contributed by atoms with Gasteiger partial charge in [-0.1, -0.05) is 43.0 Å². The smallest absolute Gasteiger partial charge is 0.274 e. The number of hydrogen-bond acceptors (Lipinski definition) is 3. The number of amides is 1. The topological polar surface area (TPSA) is 54.0 Å². The van der Waals surface area contributed by atoms with Crippen LogP contribution in [0.25, 0.3) is 0 Å². The third-order valence-corrected chi connectivity index (χ3v) is 3.83. The van der Waals surface area contributed by atoms with E-state index in [1.165, 1.54) is 12.8 Å². The molecule has 1 amide bonds. The van der Waals surface area contributed by atoms with Crippen molar-refractivity contribution in [3.05, 3.63) is 52.3 Å². The van der Waals surface area contributed by atoms with Crippen molar-refractivity contribution in [1.82, 2.24) is 4.98 Å². The molecule has 0 bridgehead atoms. The number of rotatable bonds is 7. The van der Waals surface area contributed by atoms with Gasteiger partial charge < -0.3 is 10.6 Å². The molecule has 1 aromatic carbocycles. The van der Waals surface area contributed by atoms with Gasteiger partial charge in [0.25, 0.3) is 5.91 Å². The van der Waals surface area contributed by atoms with Gasteiger partial charge in [-0.3, -0.25) is 4.79 Å². The second-order valence-electron chi connectivity index (χ2n) is 5.14. The molecule has 0 aliphatic carbocycles. The highest BCUT2D eigenvalue weighted by atomic mass is 35.5. The number of aromatic nitrogens is 1. The number of nitrogens with zero attached hydrogens (tertiary/aromatic N) is 1. The van der Waals surface area contributed by atoms with Crippen LogP contribution >= 0.6 is 23.2 Å². The first kappa shape index (κ1) is 17.6. The van der Waals surface area contributed by atoms with Crippen molar-refractivity contribution in [2.75, 3.05) is 17.2 Å². The van der Waals surface area contributed by atoms with E-state index in [1.54, 1.807) is 30.5 Å². The van der Waals surface area contributed by atoms with Crippen molar-refractivity contribution in [1.29, 1.82) is 0 Å². The van der Waals surface area contributed by atoms with Gasteiger partial charge in [-0.15, -0.1) is 0 Å². The Hall–Kier alpha value is -1.78. The van der Waals surface area contributed by atoms with Crippen LogP contribution in [0.1, 0.15) is 36.7 Å². The van der Waals surface area contributed by atoms with E-state index in [0.717, 1.165) is 18.7 Å². The van der Waals surface area contributed by atoms with Crippen molar-refractivity contribution in [2.24, 2.45) is 0 Å². The lowest BCUT2D eigenvalue weighted by molar-refractivity contribution is 0.102.